The standard InChI is InChI=1S/C10H10F3NO2/c1-15-6-2-3-8-7(4-6)14-9(5-16-8)10(11,12)13/h2-4,9,14H,5H2,1H3. The van der Waals surface area contributed by atoms with Crippen LogP contribution in [0.5, 0.6) is 11.5 Å². The lowest BCUT2D eigenvalue weighted by Crippen LogP contribution is -2.43. The van der Waals surface area contributed by atoms with Crippen molar-refractivity contribution in [1.29, 1.82) is 0 Å². The molecule has 1 aliphatic heterocycles. The average Bonchev–Trinajstić information content (AvgIpc) is 2.26. The Bertz CT molecular complexity index is 392. The van der Waals surface area contributed by atoms with E-state index in [2.05, 4.69) is 5.32 Å². The van der Waals surface area contributed by atoms with Gasteiger partial charge >= 0.3 is 6.18 Å². The van der Waals surface area contributed by atoms with E-state index in [0.717, 1.165) is 0 Å². The molecular weight excluding hydrogens is 223 g/mol. The van der Waals surface area contributed by atoms with Gasteiger partial charge in [-0.25, -0.2) is 0 Å². The van der Waals surface area contributed by atoms with Gasteiger partial charge in [0.2, 0.25) is 0 Å². The molecule has 0 saturated heterocycles. The Kier molecular flexibility index (Phi) is 2.57. The summed E-state index contributed by atoms with van der Waals surface area (Å²) in [4.78, 5) is 0. The van der Waals surface area contributed by atoms with Crippen molar-refractivity contribution in [3.05, 3.63) is 18.2 Å². The predicted molar refractivity (Wildman–Crippen MR) is 52.0 cm³/mol. The summed E-state index contributed by atoms with van der Waals surface area (Å²) in [7, 11) is 1.45. The number of fused-ring (bicyclic) bond motifs is 1. The molecule has 0 amide bonds. The maximum absolute atomic E-state index is 12.4. The Morgan fingerprint density at radius 3 is 2.81 bits per heavy atom. The number of hydrogen-bond donors (Lipinski definition) is 1. The molecule has 0 saturated carbocycles. The van der Waals surface area contributed by atoms with Crippen molar-refractivity contribution in [1.82, 2.24) is 0 Å². The van der Waals surface area contributed by atoms with Gasteiger partial charge in [-0.2, -0.15) is 13.2 Å². The van der Waals surface area contributed by atoms with Crippen molar-refractivity contribution in [2.45, 2.75) is 12.2 Å². The van der Waals surface area contributed by atoms with Crippen molar-refractivity contribution in [3.63, 3.8) is 0 Å². The third-order valence-electron chi connectivity index (χ3n) is 2.32. The van der Waals surface area contributed by atoms with E-state index in [1.165, 1.54) is 13.2 Å². The molecule has 1 aliphatic rings. The maximum atomic E-state index is 12.4. The van der Waals surface area contributed by atoms with Crippen LogP contribution in [0.2, 0.25) is 0 Å². The Morgan fingerprint density at radius 1 is 1.44 bits per heavy atom. The number of rotatable bonds is 1. The normalized spacial score (nSPS) is 19.4. The Morgan fingerprint density at radius 2 is 2.19 bits per heavy atom. The number of benzene rings is 1. The van der Waals surface area contributed by atoms with Crippen molar-refractivity contribution in [2.24, 2.45) is 0 Å². The second kappa shape index (κ2) is 3.77. The lowest BCUT2D eigenvalue weighted by Gasteiger charge is -2.29. The minimum Gasteiger partial charge on any atom is -0.497 e. The van der Waals surface area contributed by atoms with Crippen LogP contribution < -0.4 is 14.8 Å². The first-order valence-electron chi connectivity index (χ1n) is 4.65. The van der Waals surface area contributed by atoms with Crippen LogP contribution >= 0.6 is 0 Å². The minimum atomic E-state index is -4.32. The molecule has 1 atom stereocenters. The average molecular weight is 233 g/mol. The van der Waals surface area contributed by atoms with E-state index in [-0.39, 0.29) is 0 Å². The van der Waals surface area contributed by atoms with E-state index in [9.17, 15) is 13.2 Å². The highest BCUT2D eigenvalue weighted by Gasteiger charge is 2.42. The highest BCUT2D eigenvalue weighted by molar-refractivity contribution is 5.61. The molecule has 1 aromatic rings. The van der Waals surface area contributed by atoms with Crippen LogP contribution in [0.1, 0.15) is 0 Å². The van der Waals surface area contributed by atoms with E-state index >= 15 is 0 Å². The van der Waals surface area contributed by atoms with Crippen LogP contribution in [0.15, 0.2) is 18.2 Å². The predicted octanol–water partition coefficient (Wildman–Crippen LogP) is 2.43. The number of nitrogens with one attached hydrogen (secondary N) is 1. The smallest absolute Gasteiger partial charge is 0.411 e. The molecule has 0 spiro atoms. The summed E-state index contributed by atoms with van der Waals surface area (Å²) < 4.78 is 47.3. The largest absolute Gasteiger partial charge is 0.497 e. The molecule has 1 aromatic carbocycles. The quantitative estimate of drug-likeness (QED) is 0.808. The monoisotopic (exact) mass is 233 g/mol. The lowest BCUT2D eigenvalue weighted by atomic mass is 10.2. The summed E-state index contributed by atoms with van der Waals surface area (Å²) in [5.41, 5.74) is 0.299. The highest BCUT2D eigenvalue weighted by Crippen LogP contribution is 2.36. The fourth-order valence-corrected chi connectivity index (χ4v) is 1.45. The molecule has 88 valence electrons. The van der Waals surface area contributed by atoms with E-state index in [1.54, 1.807) is 12.1 Å². The summed E-state index contributed by atoms with van der Waals surface area (Å²) >= 11 is 0. The Balaban J connectivity index is 2.25. The fraction of sp³-hybridized carbons (Fsp3) is 0.400. The van der Waals surface area contributed by atoms with Crippen molar-refractivity contribution >= 4 is 5.69 Å². The zero-order valence-corrected chi connectivity index (χ0v) is 8.47. The van der Waals surface area contributed by atoms with Gasteiger partial charge in [0.1, 0.15) is 18.1 Å². The minimum absolute atomic E-state index is 0.299. The van der Waals surface area contributed by atoms with Crippen molar-refractivity contribution < 1.29 is 22.6 Å². The molecule has 0 bridgehead atoms. The molecule has 0 aliphatic carbocycles. The van der Waals surface area contributed by atoms with Gasteiger partial charge in [-0.05, 0) is 12.1 Å². The summed E-state index contributed by atoms with van der Waals surface area (Å²) in [6.45, 7) is -0.414. The summed E-state index contributed by atoms with van der Waals surface area (Å²) in [5.74, 6) is 0.888. The topological polar surface area (TPSA) is 30.5 Å². The van der Waals surface area contributed by atoms with E-state index in [1.807, 2.05) is 0 Å². The number of anilines is 1. The van der Waals surface area contributed by atoms with Crippen LogP contribution in [-0.4, -0.2) is 25.9 Å². The number of halogens is 3. The maximum Gasteiger partial charge on any atom is 0.411 e. The third-order valence-corrected chi connectivity index (χ3v) is 2.32. The lowest BCUT2D eigenvalue weighted by molar-refractivity contribution is -0.149. The Labute approximate surface area is 90.2 Å². The van der Waals surface area contributed by atoms with Gasteiger partial charge in [0.15, 0.2) is 6.04 Å². The Hall–Kier alpha value is -1.59. The van der Waals surface area contributed by atoms with Gasteiger partial charge in [0.25, 0.3) is 0 Å². The molecule has 16 heavy (non-hydrogen) atoms. The zero-order chi connectivity index (χ0) is 11.8. The molecule has 0 aromatic heterocycles. The molecule has 0 fully saturated rings. The fourth-order valence-electron chi connectivity index (χ4n) is 1.45. The summed E-state index contributed by atoms with van der Waals surface area (Å²) in [5, 5.41) is 2.38. The van der Waals surface area contributed by atoms with E-state index in [0.29, 0.717) is 17.2 Å². The summed E-state index contributed by atoms with van der Waals surface area (Å²) in [6.07, 6.45) is -4.32. The number of hydrogen-bond acceptors (Lipinski definition) is 3. The second-order valence-electron chi connectivity index (χ2n) is 3.41. The first kappa shape index (κ1) is 10.9. The third kappa shape index (κ3) is 2.00. The van der Waals surface area contributed by atoms with Crippen LogP contribution in [0.3, 0.4) is 0 Å². The van der Waals surface area contributed by atoms with Gasteiger partial charge in [0, 0.05) is 6.07 Å². The summed E-state index contributed by atoms with van der Waals surface area (Å²) in [6, 6.07) is 3.02. The van der Waals surface area contributed by atoms with Gasteiger partial charge < -0.3 is 14.8 Å². The number of ether oxygens (including phenoxy) is 2. The van der Waals surface area contributed by atoms with Crippen molar-refractivity contribution in [3.8, 4) is 11.5 Å². The second-order valence-corrected chi connectivity index (χ2v) is 3.41. The van der Waals surface area contributed by atoms with Gasteiger partial charge in [0.05, 0.1) is 12.8 Å². The van der Waals surface area contributed by atoms with Gasteiger partial charge in [-0.15, -0.1) is 0 Å². The van der Waals surface area contributed by atoms with Crippen LogP contribution in [0.25, 0.3) is 0 Å². The first-order valence-corrected chi connectivity index (χ1v) is 4.65. The first-order chi connectivity index (χ1) is 7.50. The zero-order valence-electron chi connectivity index (χ0n) is 8.47. The van der Waals surface area contributed by atoms with Crippen molar-refractivity contribution in [2.75, 3.05) is 19.0 Å². The van der Waals surface area contributed by atoms with Gasteiger partial charge in [-0.3, -0.25) is 0 Å². The molecule has 2 rings (SSSR count). The molecule has 1 unspecified atom stereocenters. The molecular formula is C10H10F3NO2. The molecule has 0 radical (unpaired) electrons. The molecule has 1 heterocycles. The SMILES string of the molecule is COc1ccc2c(c1)NC(C(F)(F)F)CO2. The molecule has 3 nitrogen and oxygen atoms in total. The highest BCUT2D eigenvalue weighted by atomic mass is 19.4. The molecule has 1 N–H and O–H groups in total. The van der Waals surface area contributed by atoms with Crippen LogP contribution in [-0.2, 0) is 0 Å². The number of alkyl halides is 3. The van der Waals surface area contributed by atoms with Crippen LogP contribution in [0.4, 0.5) is 18.9 Å². The number of methoxy groups -OCH3 is 1. The van der Waals surface area contributed by atoms with E-state index < -0.39 is 18.8 Å². The van der Waals surface area contributed by atoms with Crippen LogP contribution in [0, 0.1) is 0 Å². The van der Waals surface area contributed by atoms with Gasteiger partial charge in [-0.1, -0.05) is 0 Å². The molecule has 6 heteroatoms. The van der Waals surface area contributed by atoms with E-state index in [4.69, 9.17) is 9.47 Å².